The van der Waals surface area contributed by atoms with Gasteiger partial charge in [-0.15, -0.1) is 0 Å². The van der Waals surface area contributed by atoms with E-state index < -0.39 is 5.60 Å². The van der Waals surface area contributed by atoms with Gasteiger partial charge in [0, 0.05) is 0 Å². The van der Waals surface area contributed by atoms with Crippen molar-refractivity contribution in [2.24, 2.45) is 17.8 Å². The molecule has 2 heteroatoms. The Morgan fingerprint density at radius 3 is 2.20 bits per heavy atom. The Labute approximate surface area is 92.7 Å². The van der Waals surface area contributed by atoms with Gasteiger partial charge in [0.15, 0.2) is 0 Å². The van der Waals surface area contributed by atoms with Gasteiger partial charge in [0.05, 0.1) is 11.7 Å². The van der Waals surface area contributed by atoms with Gasteiger partial charge in [-0.2, -0.15) is 0 Å². The second kappa shape index (κ2) is 4.06. The standard InChI is InChI=1S/C13H24O2/c1-13(2,15)11-7-3-6-10-9(11)5-4-8-12(10)14/h9-12,14-15H,3-8H2,1-2H3/t9?,10?,11-,12+/m0/s1. The van der Waals surface area contributed by atoms with Gasteiger partial charge in [0.2, 0.25) is 0 Å². The monoisotopic (exact) mass is 212 g/mol. The molecule has 0 aromatic rings. The molecule has 2 aliphatic rings. The van der Waals surface area contributed by atoms with Crippen molar-refractivity contribution in [2.75, 3.05) is 0 Å². The van der Waals surface area contributed by atoms with Crippen molar-refractivity contribution in [1.29, 1.82) is 0 Å². The zero-order valence-electron chi connectivity index (χ0n) is 9.95. The molecular formula is C13H24O2. The molecule has 0 saturated heterocycles. The number of aliphatic hydroxyl groups is 2. The summed E-state index contributed by atoms with van der Waals surface area (Å²) in [6.45, 7) is 3.86. The molecule has 2 nitrogen and oxygen atoms in total. The minimum Gasteiger partial charge on any atom is -0.393 e. The number of hydrogen-bond donors (Lipinski definition) is 2. The average molecular weight is 212 g/mol. The average Bonchev–Trinajstić information content (AvgIpc) is 2.16. The third kappa shape index (κ3) is 2.21. The van der Waals surface area contributed by atoms with Crippen LogP contribution in [-0.2, 0) is 0 Å². The van der Waals surface area contributed by atoms with Crippen molar-refractivity contribution in [1.82, 2.24) is 0 Å². The first-order valence-electron chi connectivity index (χ1n) is 6.40. The van der Waals surface area contributed by atoms with Crippen molar-refractivity contribution in [3.05, 3.63) is 0 Å². The third-order valence-corrected chi connectivity index (χ3v) is 4.56. The summed E-state index contributed by atoms with van der Waals surface area (Å²) in [6, 6.07) is 0. The van der Waals surface area contributed by atoms with Crippen molar-refractivity contribution in [2.45, 2.75) is 64.1 Å². The maximum Gasteiger partial charge on any atom is 0.0622 e. The van der Waals surface area contributed by atoms with Crippen LogP contribution in [0.4, 0.5) is 0 Å². The predicted octanol–water partition coefficient (Wildman–Crippen LogP) is 2.33. The van der Waals surface area contributed by atoms with Crippen LogP contribution in [0.25, 0.3) is 0 Å². The van der Waals surface area contributed by atoms with Gasteiger partial charge in [-0.25, -0.2) is 0 Å². The lowest BCUT2D eigenvalue weighted by molar-refractivity contribution is -0.0869. The highest BCUT2D eigenvalue weighted by Gasteiger charge is 2.44. The smallest absolute Gasteiger partial charge is 0.0622 e. The summed E-state index contributed by atoms with van der Waals surface area (Å²) in [5.41, 5.74) is -0.569. The molecule has 2 fully saturated rings. The molecule has 2 saturated carbocycles. The van der Waals surface area contributed by atoms with Crippen molar-refractivity contribution in [3.8, 4) is 0 Å². The van der Waals surface area contributed by atoms with Crippen LogP contribution in [0.5, 0.6) is 0 Å². The molecule has 0 spiro atoms. The summed E-state index contributed by atoms with van der Waals surface area (Å²) in [5, 5.41) is 20.2. The second-order valence-electron chi connectivity index (χ2n) is 6.02. The summed E-state index contributed by atoms with van der Waals surface area (Å²) < 4.78 is 0. The van der Waals surface area contributed by atoms with Crippen LogP contribution in [0.3, 0.4) is 0 Å². The van der Waals surface area contributed by atoms with Gasteiger partial charge in [-0.05, 0) is 57.3 Å². The molecular weight excluding hydrogens is 188 g/mol. The Morgan fingerprint density at radius 2 is 1.53 bits per heavy atom. The Kier molecular flexibility index (Phi) is 3.09. The molecule has 0 aliphatic heterocycles. The zero-order valence-corrected chi connectivity index (χ0v) is 9.95. The first-order chi connectivity index (χ1) is 7.00. The van der Waals surface area contributed by atoms with Crippen LogP contribution in [0.2, 0.25) is 0 Å². The molecule has 4 atom stereocenters. The lowest BCUT2D eigenvalue weighted by Gasteiger charge is -2.47. The fraction of sp³-hybridized carbons (Fsp3) is 1.00. The van der Waals surface area contributed by atoms with E-state index in [-0.39, 0.29) is 6.10 Å². The molecule has 15 heavy (non-hydrogen) atoms. The number of hydrogen-bond acceptors (Lipinski definition) is 2. The van der Waals surface area contributed by atoms with Gasteiger partial charge >= 0.3 is 0 Å². The molecule has 0 aromatic carbocycles. The highest BCUT2D eigenvalue weighted by molar-refractivity contribution is 4.94. The molecule has 0 heterocycles. The highest BCUT2D eigenvalue weighted by atomic mass is 16.3. The van der Waals surface area contributed by atoms with Crippen LogP contribution in [0.15, 0.2) is 0 Å². The molecule has 0 radical (unpaired) electrons. The Bertz CT molecular complexity index is 219. The lowest BCUT2D eigenvalue weighted by atomic mass is 9.60. The second-order valence-corrected chi connectivity index (χ2v) is 6.02. The van der Waals surface area contributed by atoms with Crippen LogP contribution in [-0.4, -0.2) is 21.9 Å². The van der Waals surface area contributed by atoms with Gasteiger partial charge in [0.1, 0.15) is 0 Å². The first kappa shape index (κ1) is 11.4. The SMILES string of the molecule is CC(C)(O)[C@H]1CCCC2C1CCC[C@H]2O. The van der Waals surface area contributed by atoms with Gasteiger partial charge < -0.3 is 10.2 Å². The first-order valence-corrected chi connectivity index (χ1v) is 6.40. The van der Waals surface area contributed by atoms with Crippen molar-refractivity contribution in [3.63, 3.8) is 0 Å². The molecule has 2 rings (SSSR count). The van der Waals surface area contributed by atoms with E-state index in [1.54, 1.807) is 0 Å². The normalized spacial score (nSPS) is 42.4. The van der Waals surface area contributed by atoms with Crippen LogP contribution < -0.4 is 0 Å². The summed E-state index contributed by atoms with van der Waals surface area (Å²) in [5.74, 6) is 1.41. The Hall–Kier alpha value is -0.0800. The van der Waals surface area contributed by atoms with E-state index in [4.69, 9.17) is 0 Å². The molecule has 2 aliphatic carbocycles. The van der Waals surface area contributed by atoms with Crippen LogP contribution >= 0.6 is 0 Å². The fourth-order valence-corrected chi connectivity index (χ4v) is 3.85. The highest BCUT2D eigenvalue weighted by Crippen LogP contribution is 2.47. The van der Waals surface area contributed by atoms with E-state index >= 15 is 0 Å². The van der Waals surface area contributed by atoms with Crippen LogP contribution in [0, 0.1) is 17.8 Å². The molecule has 0 amide bonds. The fourth-order valence-electron chi connectivity index (χ4n) is 3.85. The number of aliphatic hydroxyl groups excluding tert-OH is 1. The minimum absolute atomic E-state index is 0.103. The Balaban J connectivity index is 2.13. The van der Waals surface area contributed by atoms with E-state index in [1.165, 1.54) is 19.3 Å². The number of fused-ring (bicyclic) bond motifs is 1. The van der Waals surface area contributed by atoms with E-state index in [1.807, 2.05) is 13.8 Å². The maximum atomic E-state index is 10.2. The molecule has 2 N–H and O–H groups in total. The summed E-state index contributed by atoms with van der Waals surface area (Å²) in [7, 11) is 0. The van der Waals surface area contributed by atoms with Crippen LogP contribution in [0.1, 0.15) is 52.4 Å². The van der Waals surface area contributed by atoms with E-state index in [9.17, 15) is 10.2 Å². The van der Waals surface area contributed by atoms with E-state index in [0.29, 0.717) is 17.8 Å². The van der Waals surface area contributed by atoms with E-state index in [2.05, 4.69) is 0 Å². The summed E-state index contributed by atoms with van der Waals surface area (Å²) >= 11 is 0. The van der Waals surface area contributed by atoms with Crippen molar-refractivity contribution < 1.29 is 10.2 Å². The molecule has 0 aromatic heterocycles. The molecule has 0 bridgehead atoms. The van der Waals surface area contributed by atoms with Crippen molar-refractivity contribution >= 4 is 0 Å². The quantitative estimate of drug-likeness (QED) is 0.700. The zero-order chi connectivity index (χ0) is 11.1. The summed E-state index contributed by atoms with van der Waals surface area (Å²) in [4.78, 5) is 0. The molecule has 88 valence electrons. The maximum absolute atomic E-state index is 10.2. The Morgan fingerprint density at radius 1 is 0.933 bits per heavy atom. The third-order valence-electron chi connectivity index (χ3n) is 4.56. The van der Waals surface area contributed by atoms with Gasteiger partial charge in [0.25, 0.3) is 0 Å². The molecule has 2 unspecified atom stereocenters. The van der Waals surface area contributed by atoms with E-state index in [0.717, 1.165) is 19.3 Å². The minimum atomic E-state index is -0.569. The van der Waals surface area contributed by atoms with Gasteiger partial charge in [-0.3, -0.25) is 0 Å². The predicted molar refractivity (Wildman–Crippen MR) is 60.5 cm³/mol. The largest absolute Gasteiger partial charge is 0.393 e. The number of rotatable bonds is 1. The topological polar surface area (TPSA) is 40.5 Å². The van der Waals surface area contributed by atoms with Gasteiger partial charge in [-0.1, -0.05) is 12.8 Å². The lowest BCUT2D eigenvalue weighted by Crippen LogP contribution is -2.46. The summed E-state index contributed by atoms with van der Waals surface area (Å²) in [6.07, 6.45) is 6.68.